The van der Waals surface area contributed by atoms with Crippen molar-refractivity contribution in [3.8, 4) is 0 Å². The number of hydrogen-bond acceptors (Lipinski definition) is 10. The van der Waals surface area contributed by atoms with E-state index in [1.807, 2.05) is 23.6 Å². The molecule has 476 valence electrons. The first-order valence-corrected chi connectivity index (χ1v) is 28.7. The maximum atomic E-state index is 13.8. The van der Waals surface area contributed by atoms with Gasteiger partial charge in [0.05, 0.1) is 42.3 Å². The number of halogens is 21. The molecule has 0 radical (unpaired) electrons. The maximum Gasteiger partial charge on any atom is 0.417 e. The van der Waals surface area contributed by atoms with Crippen molar-refractivity contribution in [1.82, 2.24) is 35.2 Å². The third kappa shape index (κ3) is 21.2. The molecule has 0 spiro atoms. The lowest BCUT2D eigenvalue weighted by molar-refractivity contribution is -0.144. The Morgan fingerprint density at radius 3 is 1.15 bits per heavy atom. The second kappa shape index (κ2) is 29.7. The summed E-state index contributed by atoms with van der Waals surface area (Å²) in [5.74, 6) is 1.13. The summed E-state index contributed by atoms with van der Waals surface area (Å²) in [6, 6.07) is 4.19. The predicted octanol–water partition coefficient (Wildman–Crippen LogP) is 18.3. The molecule has 4 heterocycles. The molecular weight excluding hydrogens is 1350 g/mol. The highest BCUT2D eigenvalue weighted by atomic mass is 79.9. The van der Waals surface area contributed by atoms with E-state index in [0.29, 0.717) is 72.6 Å². The van der Waals surface area contributed by atoms with Gasteiger partial charge in [0.25, 0.3) is 0 Å². The molecule has 2 fully saturated rings. The van der Waals surface area contributed by atoms with Crippen LogP contribution in [0, 0.1) is 11.8 Å². The Balaban J connectivity index is 0.000000249. The van der Waals surface area contributed by atoms with Crippen LogP contribution in [-0.2, 0) is 63.2 Å². The zero-order chi connectivity index (χ0) is 64.3. The van der Waals surface area contributed by atoms with E-state index >= 15 is 0 Å². The van der Waals surface area contributed by atoms with Crippen LogP contribution in [0.15, 0.2) is 94.7 Å². The Bertz CT molecular complexity index is 3080. The van der Waals surface area contributed by atoms with Gasteiger partial charge in [-0.05, 0) is 154 Å². The highest BCUT2D eigenvalue weighted by Crippen LogP contribution is 2.41. The highest BCUT2D eigenvalue weighted by molar-refractivity contribution is 9.10. The Labute approximate surface area is 509 Å². The normalized spacial score (nSPS) is 14.6. The molecule has 0 saturated heterocycles. The Morgan fingerprint density at radius 1 is 0.425 bits per heavy atom. The summed E-state index contributed by atoms with van der Waals surface area (Å²) in [7, 11) is 0. The minimum Gasteiger partial charge on any atom is -0.356 e. The molecule has 87 heavy (non-hydrogen) atoms. The van der Waals surface area contributed by atoms with Gasteiger partial charge in [0.15, 0.2) is 0 Å². The van der Waals surface area contributed by atoms with E-state index in [1.54, 1.807) is 12.4 Å². The molecule has 0 aliphatic heterocycles. The zero-order valence-corrected chi connectivity index (χ0v) is 49.9. The first-order valence-electron chi connectivity index (χ1n) is 26.8. The van der Waals surface area contributed by atoms with Crippen LogP contribution in [0.3, 0.4) is 0 Å². The largest absolute Gasteiger partial charge is 0.417 e. The number of aromatic nitrogens is 6. The summed E-state index contributed by atoms with van der Waals surface area (Å²) in [5, 5.41) is 2.97. The summed E-state index contributed by atoms with van der Waals surface area (Å²) in [6.07, 6.45) is -14.1. The lowest BCUT2D eigenvalue weighted by Gasteiger charge is -2.30. The fraction of sp³-hybridized carbons (Fsp3) is 0.464. The number of rotatable bonds is 17. The van der Waals surface area contributed by atoms with Gasteiger partial charge < -0.3 is 20.0 Å². The van der Waals surface area contributed by atoms with E-state index in [2.05, 4.69) is 67.1 Å². The van der Waals surface area contributed by atoms with Crippen LogP contribution in [0.4, 0.5) is 96.6 Å². The van der Waals surface area contributed by atoms with Crippen LogP contribution in [0.25, 0.3) is 0 Å². The van der Waals surface area contributed by atoms with Crippen LogP contribution in [-0.4, -0.2) is 56.1 Å². The maximum absolute atomic E-state index is 13.8. The monoisotopic (exact) mass is 1400 g/mol. The number of pyridine rings is 2. The Hall–Kier alpha value is -5.75. The van der Waals surface area contributed by atoms with Crippen molar-refractivity contribution in [3.05, 3.63) is 156 Å². The molecule has 31 heteroatoms. The van der Waals surface area contributed by atoms with Gasteiger partial charge in [-0.1, -0.05) is 25.7 Å². The van der Waals surface area contributed by atoms with Gasteiger partial charge >= 0.3 is 37.1 Å². The SMILES string of the molecule is CCN(CC1CCCC1)c1ncc(C(F)(F)F)cc1CN(Cc1cc(C(F)(F)F)cc(C(F)(F)F)c1)c1ncc(Br)cn1.CCN(CC1CCCC1)c1ncc(C(F)(F)F)cc1CNCc1cc(C(F)(F)F)cc(C(F)(F)F)c1.Clc1ncc(Br)cn1. The minimum absolute atomic E-state index is 0.0148. The Morgan fingerprint density at radius 2 is 0.782 bits per heavy atom. The first kappa shape index (κ1) is 70.3. The summed E-state index contributed by atoms with van der Waals surface area (Å²) in [6.45, 7) is 4.10. The fourth-order valence-electron chi connectivity index (χ4n) is 9.83. The standard InChI is InChI=1S/C28H27BrF9N5.C24H26F9N3.C4H2BrClN2/c1-2-42(14-17-5-3-4-6-17)24-19(9-22(11-39-24)28(36,37)38)16-43(25-40-12-23(29)13-41-25)15-18-7-20(26(30,31)32)10-21(8-18)27(33,34)35;1-2-36(14-15-5-3-4-6-15)21-17(9-20(13-35-21)24(31,32)33)12-34-11-16-7-18(22(25,26)27)10-19(8-16)23(28,29)30;5-3-1-7-4(6)8-2-3/h7-13,17H,2-6,14-16H2,1H3;7-10,13,15,34H,2-6,11-12,14H2,1H3;1-2H. The summed E-state index contributed by atoms with van der Waals surface area (Å²) in [5.41, 5.74) is -8.40. The predicted molar refractivity (Wildman–Crippen MR) is 296 cm³/mol. The van der Waals surface area contributed by atoms with E-state index < -0.39 is 83.5 Å². The molecule has 0 atom stereocenters. The highest BCUT2D eigenvalue weighted by Gasteiger charge is 2.40. The zero-order valence-electron chi connectivity index (χ0n) is 46.0. The van der Waals surface area contributed by atoms with E-state index in [4.69, 9.17) is 11.6 Å². The Kier molecular flexibility index (Phi) is 24.0. The molecule has 0 amide bonds. The van der Waals surface area contributed by atoms with Gasteiger partial charge in [0, 0.05) is 101 Å². The fourth-order valence-corrected chi connectivity index (χ4v) is 10.3. The van der Waals surface area contributed by atoms with Crippen LogP contribution in [0.5, 0.6) is 0 Å². The number of nitrogens with zero attached hydrogens (tertiary/aromatic N) is 9. The molecule has 2 aromatic carbocycles. The van der Waals surface area contributed by atoms with Crippen LogP contribution in [0.1, 0.15) is 121 Å². The van der Waals surface area contributed by atoms with E-state index in [1.165, 1.54) is 17.3 Å². The number of benzene rings is 2. The number of hydrogen-bond donors (Lipinski definition) is 1. The van der Waals surface area contributed by atoms with Gasteiger partial charge in [-0.15, -0.1) is 0 Å². The van der Waals surface area contributed by atoms with Crippen molar-refractivity contribution in [2.24, 2.45) is 11.8 Å². The third-order valence-electron chi connectivity index (χ3n) is 14.0. The third-order valence-corrected chi connectivity index (χ3v) is 15.0. The van der Waals surface area contributed by atoms with Crippen LogP contribution >= 0.6 is 43.5 Å². The average Bonchev–Trinajstić information content (AvgIpc) is 1.83. The molecule has 1 N–H and O–H groups in total. The van der Waals surface area contributed by atoms with Crippen LogP contribution < -0.4 is 20.0 Å². The second-order valence-electron chi connectivity index (χ2n) is 20.4. The topological polar surface area (TPSA) is 99.1 Å². The summed E-state index contributed by atoms with van der Waals surface area (Å²) in [4.78, 5) is 28.8. The molecule has 4 aromatic heterocycles. The summed E-state index contributed by atoms with van der Waals surface area (Å²) >= 11 is 11.7. The molecule has 8 rings (SSSR count). The molecule has 2 saturated carbocycles. The average molecular weight is 1410 g/mol. The first-order chi connectivity index (χ1) is 40.5. The van der Waals surface area contributed by atoms with Crippen molar-refractivity contribution in [2.75, 3.05) is 40.9 Å². The van der Waals surface area contributed by atoms with Crippen molar-refractivity contribution < 1.29 is 79.0 Å². The van der Waals surface area contributed by atoms with E-state index in [-0.39, 0.29) is 64.5 Å². The van der Waals surface area contributed by atoms with Crippen LogP contribution in [0.2, 0.25) is 5.28 Å². The lowest BCUT2D eigenvalue weighted by atomic mass is 10.0. The number of alkyl halides is 18. The van der Waals surface area contributed by atoms with Gasteiger partial charge in [-0.25, -0.2) is 29.9 Å². The molecule has 10 nitrogen and oxygen atoms in total. The molecule has 2 aliphatic rings. The van der Waals surface area contributed by atoms with Gasteiger partial charge in [-0.3, -0.25) is 0 Å². The number of anilines is 3. The lowest BCUT2D eigenvalue weighted by Crippen LogP contribution is -2.32. The number of nitrogens with one attached hydrogen (secondary N) is 1. The van der Waals surface area contributed by atoms with Crippen molar-refractivity contribution in [1.29, 1.82) is 0 Å². The molecule has 0 bridgehead atoms. The quantitative estimate of drug-likeness (QED) is 0.0702. The summed E-state index contributed by atoms with van der Waals surface area (Å²) < 4.78 is 243. The minimum atomic E-state index is -5.07. The van der Waals surface area contributed by atoms with Gasteiger partial charge in [0.1, 0.15) is 11.6 Å². The van der Waals surface area contributed by atoms with Crippen molar-refractivity contribution in [3.63, 3.8) is 0 Å². The molecule has 2 aliphatic carbocycles. The van der Waals surface area contributed by atoms with E-state index in [0.717, 1.165) is 80.4 Å². The molecular formula is C56H55Br2ClF18N10. The molecule has 6 aromatic rings. The van der Waals surface area contributed by atoms with Gasteiger partial charge in [0.2, 0.25) is 11.2 Å². The van der Waals surface area contributed by atoms with Crippen molar-refractivity contribution >= 4 is 61.0 Å². The second-order valence-corrected chi connectivity index (χ2v) is 22.6. The van der Waals surface area contributed by atoms with Crippen molar-refractivity contribution in [2.45, 2.75) is 128 Å². The smallest absolute Gasteiger partial charge is 0.356 e. The van der Waals surface area contributed by atoms with E-state index in [9.17, 15) is 79.0 Å². The molecule has 0 unspecified atom stereocenters. The van der Waals surface area contributed by atoms with Gasteiger partial charge in [-0.2, -0.15) is 79.0 Å².